The maximum Gasteiger partial charge on any atom is 0.338 e. The molecule has 1 heterocycles. The van der Waals surface area contributed by atoms with Gasteiger partial charge in [0, 0.05) is 5.92 Å². The van der Waals surface area contributed by atoms with Gasteiger partial charge in [-0.25, -0.2) is 4.79 Å². The summed E-state index contributed by atoms with van der Waals surface area (Å²) >= 11 is 0. The molecule has 0 saturated heterocycles. The van der Waals surface area contributed by atoms with Crippen LogP contribution in [-0.4, -0.2) is 10.7 Å². The highest BCUT2D eigenvalue weighted by molar-refractivity contribution is 5.82. The molecule has 1 saturated carbocycles. The summed E-state index contributed by atoms with van der Waals surface area (Å²) in [5.74, 6) is -0.0862. The molecule has 0 aliphatic heterocycles. The third-order valence-corrected chi connectivity index (χ3v) is 3.70. The third-order valence-electron chi connectivity index (χ3n) is 3.70. The average molecular weight is 285 g/mol. The average Bonchev–Trinajstić information content (AvgIpc) is 3.25. The minimum Gasteiger partial charge on any atom is -0.333 e. The van der Waals surface area contributed by atoms with E-state index in [0.717, 1.165) is 23.9 Å². The van der Waals surface area contributed by atoms with Crippen molar-refractivity contribution in [2.24, 2.45) is 5.41 Å². The van der Waals surface area contributed by atoms with Crippen LogP contribution >= 0.6 is 0 Å². The lowest BCUT2D eigenvalue weighted by Gasteiger charge is -2.19. The minimum absolute atomic E-state index is 0.257. The summed E-state index contributed by atoms with van der Waals surface area (Å²) in [7, 11) is 0. The molecule has 1 aromatic heterocycles. The fourth-order valence-corrected chi connectivity index (χ4v) is 2.24. The van der Waals surface area contributed by atoms with Gasteiger partial charge in [0.1, 0.15) is 0 Å². The second-order valence-electron chi connectivity index (χ2n) is 6.66. The molecule has 1 aromatic carbocycles. The number of carbonyl (C=O) groups is 1. The largest absolute Gasteiger partial charge is 0.338 e. The fourth-order valence-electron chi connectivity index (χ4n) is 2.24. The van der Waals surface area contributed by atoms with Crippen molar-refractivity contribution < 1.29 is 9.63 Å². The number of hydrogen-bond donors (Lipinski definition) is 0. The number of aromatic nitrogens is 1. The van der Waals surface area contributed by atoms with Crippen LogP contribution in [0.3, 0.4) is 0 Å². The number of pyridine rings is 1. The second kappa shape index (κ2) is 4.72. The summed E-state index contributed by atoms with van der Waals surface area (Å²) in [6.45, 7) is 5.33. The van der Waals surface area contributed by atoms with E-state index in [1.165, 1.54) is 4.73 Å². The smallest absolute Gasteiger partial charge is 0.333 e. The first-order valence-electron chi connectivity index (χ1n) is 7.25. The molecule has 0 bridgehead atoms. The van der Waals surface area contributed by atoms with Gasteiger partial charge in [-0.2, -0.15) is 0 Å². The minimum atomic E-state index is -0.647. The molecule has 0 spiro atoms. The molecule has 110 valence electrons. The molecular formula is C17H19NO3. The highest BCUT2D eigenvalue weighted by Crippen LogP contribution is 2.40. The lowest BCUT2D eigenvalue weighted by molar-refractivity contribution is -0.154. The highest BCUT2D eigenvalue weighted by Gasteiger charge is 2.31. The number of benzene rings is 1. The number of carbonyl (C=O) groups excluding carboxylic acids is 1. The van der Waals surface area contributed by atoms with E-state index in [4.69, 9.17) is 4.84 Å². The van der Waals surface area contributed by atoms with Gasteiger partial charge in [-0.15, -0.1) is 4.73 Å². The standard InChI is InChI=1S/C17H19NO3/c1-17(2,3)16(20)21-18-14(11-8-9-11)10-12-6-4-5-7-13(12)15(18)19/h4-7,10-11H,8-9H2,1-3H3. The predicted octanol–water partition coefficient (Wildman–Crippen LogP) is 2.88. The first-order chi connectivity index (χ1) is 9.88. The number of fused-ring (bicyclic) bond motifs is 1. The summed E-state index contributed by atoms with van der Waals surface area (Å²) in [4.78, 5) is 30.2. The number of rotatable bonds is 2. The van der Waals surface area contributed by atoms with Crippen LogP contribution in [0.25, 0.3) is 10.8 Å². The highest BCUT2D eigenvalue weighted by atomic mass is 16.7. The Balaban J connectivity index is 2.15. The van der Waals surface area contributed by atoms with Crippen molar-refractivity contribution in [3.63, 3.8) is 0 Å². The molecular weight excluding hydrogens is 266 g/mol. The lowest BCUT2D eigenvalue weighted by Crippen LogP contribution is -2.38. The normalized spacial score (nSPS) is 15.2. The van der Waals surface area contributed by atoms with Crippen LogP contribution in [0.2, 0.25) is 0 Å². The SMILES string of the molecule is CC(C)(C)C(=O)On1c(C2CC2)cc2ccccc2c1=O. The Morgan fingerprint density at radius 2 is 1.90 bits per heavy atom. The summed E-state index contributed by atoms with van der Waals surface area (Å²) in [6, 6.07) is 9.36. The van der Waals surface area contributed by atoms with E-state index < -0.39 is 11.4 Å². The molecule has 2 aromatic rings. The molecule has 4 nitrogen and oxygen atoms in total. The van der Waals surface area contributed by atoms with Crippen molar-refractivity contribution in [3.8, 4) is 0 Å². The van der Waals surface area contributed by atoms with E-state index in [-0.39, 0.29) is 5.56 Å². The summed E-state index contributed by atoms with van der Waals surface area (Å²) < 4.78 is 1.20. The maximum absolute atomic E-state index is 12.6. The van der Waals surface area contributed by atoms with Crippen molar-refractivity contribution in [2.75, 3.05) is 0 Å². The molecule has 1 aliphatic rings. The molecule has 0 radical (unpaired) electrons. The van der Waals surface area contributed by atoms with Crippen LogP contribution in [0, 0.1) is 5.41 Å². The van der Waals surface area contributed by atoms with Crippen molar-refractivity contribution >= 4 is 16.7 Å². The third kappa shape index (κ3) is 2.58. The zero-order valence-corrected chi connectivity index (χ0v) is 12.6. The monoisotopic (exact) mass is 285 g/mol. The van der Waals surface area contributed by atoms with E-state index in [1.54, 1.807) is 26.8 Å². The maximum atomic E-state index is 12.6. The first-order valence-corrected chi connectivity index (χ1v) is 7.25. The Morgan fingerprint density at radius 1 is 1.24 bits per heavy atom. The van der Waals surface area contributed by atoms with Crippen LogP contribution in [0.4, 0.5) is 0 Å². The Hall–Kier alpha value is -2.10. The Bertz CT molecular complexity index is 764. The molecule has 0 atom stereocenters. The van der Waals surface area contributed by atoms with Crippen molar-refractivity contribution in [1.82, 2.24) is 4.73 Å². The molecule has 0 N–H and O–H groups in total. The van der Waals surface area contributed by atoms with Gasteiger partial charge in [0.25, 0.3) is 5.56 Å². The van der Waals surface area contributed by atoms with Crippen LogP contribution in [0.1, 0.15) is 45.2 Å². The van der Waals surface area contributed by atoms with Gasteiger partial charge in [0.05, 0.1) is 16.5 Å². The van der Waals surface area contributed by atoms with Crippen LogP contribution < -0.4 is 10.4 Å². The van der Waals surface area contributed by atoms with Gasteiger partial charge in [0.2, 0.25) is 0 Å². The summed E-state index contributed by atoms with van der Waals surface area (Å²) in [6.07, 6.45) is 2.07. The van der Waals surface area contributed by atoms with Crippen LogP contribution in [0.15, 0.2) is 35.1 Å². The van der Waals surface area contributed by atoms with E-state index in [9.17, 15) is 9.59 Å². The lowest BCUT2D eigenvalue weighted by atomic mass is 9.98. The molecule has 4 heteroatoms. The van der Waals surface area contributed by atoms with E-state index in [2.05, 4.69) is 0 Å². The molecule has 1 aliphatic carbocycles. The van der Waals surface area contributed by atoms with E-state index in [0.29, 0.717) is 11.3 Å². The van der Waals surface area contributed by atoms with E-state index in [1.807, 2.05) is 24.3 Å². The van der Waals surface area contributed by atoms with E-state index >= 15 is 0 Å². The molecule has 0 amide bonds. The van der Waals surface area contributed by atoms with Crippen molar-refractivity contribution in [2.45, 2.75) is 39.5 Å². The molecule has 3 rings (SSSR count). The Morgan fingerprint density at radius 3 is 2.52 bits per heavy atom. The summed E-state index contributed by atoms with van der Waals surface area (Å²) in [5, 5.41) is 1.47. The number of hydrogen-bond acceptors (Lipinski definition) is 3. The zero-order valence-electron chi connectivity index (χ0n) is 12.6. The van der Waals surface area contributed by atoms with Gasteiger partial charge < -0.3 is 4.84 Å². The predicted molar refractivity (Wildman–Crippen MR) is 81.2 cm³/mol. The van der Waals surface area contributed by atoms with Crippen LogP contribution in [-0.2, 0) is 4.79 Å². The van der Waals surface area contributed by atoms with Gasteiger partial charge in [-0.3, -0.25) is 4.79 Å². The van der Waals surface area contributed by atoms with Crippen molar-refractivity contribution in [1.29, 1.82) is 0 Å². The molecule has 0 unspecified atom stereocenters. The van der Waals surface area contributed by atoms with Gasteiger partial charge in [-0.1, -0.05) is 18.2 Å². The van der Waals surface area contributed by atoms with Crippen LogP contribution in [0.5, 0.6) is 0 Å². The van der Waals surface area contributed by atoms with Gasteiger partial charge in [-0.05, 0) is 51.1 Å². The van der Waals surface area contributed by atoms with Gasteiger partial charge in [0.15, 0.2) is 0 Å². The van der Waals surface area contributed by atoms with Gasteiger partial charge >= 0.3 is 5.97 Å². The van der Waals surface area contributed by atoms with Crippen molar-refractivity contribution in [3.05, 3.63) is 46.4 Å². The molecule has 1 fully saturated rings. The zero-order chi connectivity index (χ0) is 15.2. The fraction of sp³-hybridized carbons (Fsp3) is 0.412. The topological polar surface area (TPSA) is 48.3 Å². The quantitative estimate of drug-likeness (QED) is 0.852. The number of nitrogens with zero attached hydrogens (tertiary/aromatic N) is 1. The Labute approximate surface area is 123 Å². The Kier molecular flexibility index (Phi) is 3.12. The molecule has 21 heavy (non-hydrogen) atoms. The first kappa shape index (κ1) is 13.9. The second-order valence-corrected chi connectivity index (χ2v) is 6.66. The summed E-state index contributed by atoms with van der Waals surface area (Å²) in [5.41, 5.74) is -0.102.